The van der Waals surface area contributed by atoms with Gasteiger partial charge in [0.2, 0.25) is 0 Å². The maximum Gasteiger partial charge on any atom is 0.168 e. The fraction of sp³-hybridized carbons (Fsp3) is 0.636. The number of imidazole rings is 1. The highest BCUT2D eigenvalue weighted by atomic mass is 16.1. The molecule has 1 heterocycles. The molecule has 0 fully saturated rings. The lowest BCUT2D eigenvalue weighted by Gasteiger charge is -2.18. The van der Waals surface area contributed by atoms with E-state index in [1.54, 1.807) is 12.5 Å². The smallest absolute Gasteiger partial charge is 0.168 e. The molecule has 0 aliphatic rings. The van der Waals surface area contributed by atoms with Crippen LogP contribution in [0.1, 0.15) is 50.1 Å². The maximum atomic E-state index is 10.7. The van der Waals surface area contributed by atoms with Crippen LogP contribution < -0.4 is 0 Å². The van der Waals surface area contributed by atoms with E-state index in [2.05, 4.69) is 25.8 Å². The molecule has 3 nitrogen and oxygen atoms in total. The predicted octanol–water partition coefficient (Wildman–Crippen LogP) is 2.69. The Balaban J connectivity index is 2.68. The van der Waals surface area contributed by atoms with Gasteiger partial charge in [-0.1, -0.05) is 20.3 Å². The molecule has 1 rings (SSSR count). The quantitative estimate of drug-likeness (QED) is 0.675. The molecule has 0 bridgehead atoms. The lowest BCUT2D eigenvalue weighted by atomic mass is 10.0. The average Bonchev–Trinajstić information content (AvgIpc) is 2.65. The van der Waals surface area contributed by atoms with E-state index in [1.165, 1.54) is 6.42 Å². The van der Waals surface area contributed by atoms with E-state index in [1.807, 2.05) is 4.57 Å². The molecule has 0 radical (unpaired) electrons. The zero-order chi connectivity index (χ0) is 10.6. The van der Waals surface area contributed by atoms with Gasteiger partial charge < -0.3 is 4.57 Å². The SMILES string of the molecule is CCC(C)CC(C)n1cncc1C=O. The predicted molar refractivity (Wildman–Crippen MR) is 56.4 cm³/mol. The highest BCUT2D eigenvalue weighted by molar-refractivity contribution is 5.71. The number of nitrogens with zero attached hydrogens (tertiary/aromatic N) is 2. The average molecular weight is 194 g/mol. The Kier molecular flexibility index (Phi) is 3.86. The summed E-state index contributed by atoms with van der Waals surface area (Å²) in [4.78, 5) is 14.7. The third kappa shape index (κ3) is 2.44. The van der Waals surface area contributed by atoms with Crippen molar-refractivity contribution < 1.29 is 4.79 Å². The highest BCUT2D eigenvalue weighted by Crippen LogP contribution is 2.20. The number of aldehydes is 1. The van der Waals surface area contributed by atoms with Crippen LogP contribution >= 0.6 is 0 Å². The van der Waals surface area contributed by atoms with Gasteiger partial charge in [0, 0.05) is 6.04 Å². The van der Waals surface area contributed by atoms with E-state index < -0.39 is 0 Å². The Morgan fingerprint density at radius 2 is 2.29 bits per heavy atom. The second-order valence-corrected chi connectivity index (χ2v) is 3.94. The zero-order valence-corrected chi connectivity index (χ0v) is 9.10. The van der Waals surface area contributed by atoms with E-state index in [4.69, 9.17) is 0 Å². The number of hydrogen-bond acceptors (Lipinski definition) is 2. The normalized spacial score (nSPS) is 15.1. The third-order valence-electron chi connectivity index (χ3n) is 2.73. The van der Waals surface area contributed by atoms with Gasteiger partial charge in [0.25, 0.3) is 0 Å². The van der Waals surface area contributed by atoms with E-state index in [-0.39, 0.29) is 0 Å². The number of carbonyl (C=O) groups excluding carboxylic acids is 1. The van der Waals surface area contributed by atoms with Gasteiger partial charge in [-0.05, 0) is 19.3 Å². The molecule has 0 saturated heterocycles. The van der Waals surface area contributed by atoms with Crippen molar-refractivity contribution in [2.45, 2.75) is 39.7 Å². The summed E-state index contributed by atoms with van der Waals surface area (Å²) < 4.78 is 1.94. The van der Waals surface area contributed by atoms with Crippen molar-refractivity contribution in [2.75, 3.05) is 0 Å². The molecule has 2 unspecified atom stereocenters. The minimum atomic E-state index is 0.354. The second kappa shape index (κ2) is 4.94. The Hall–Kier alpha value is -1.12. The first-order chi connectivity index (χ1) is 6.69. The molecule has 1 aromatic rings. The van der Waals surface area contributed by atoms with Crippen LogP contribution in [0.3, 0.4) is 0 Å². The molecule has 3 heteroatoms. The molecule has 0 saturated carbocycles. The van der Waals surface area contributed by atoms with Crippen molar-refractivity contribution in [3.05, 3.63) is 18.2 Å². The first kappa shape index (κ1) is 11.0. The van der Waals surface area contributed by atoms with Crippen molar-refractivity contribution in [1.82, 2.24) is 9.55 Å². The van der Waals surface area contributed by atoms with Gasteiger partial charge in [0.05, 0.1) is 12.5 Å². The Labute approximate surface area is 85.2 Å². The summed E-state index contributed by atoms with van der Waals surface area (Å²) in [5.41, 5.74) is 0.667. The van der Waals surface area contributed by atoms with Crippen molar-refractivity contribution in [2.24, 2.45) is 5.92 Å². The molecular formula is C11H18N2O. The summed E-state index contributed by atoms with van der Waals surface area (Å²) in [6, 6.07) is 0.354. The topological polar surface area (TPSA) is 34.9 Å². The summed E-state index contributed by atoms with van der Waals surface area (Å²) in [6.45, 7) is 6.54. The van der Waals surface area contributed by atoms with Crippen LogP contribution in [-0.2, 0) is 0 Å². The summed E-state index contributed by atoms with van der Waals surface area (Å²) in [7, 11) is 0. The maximum absolute atomic E-state index is 10.7. The van der Waals surface area contributed by atoms with Crippen molar-refractivity contribution in [3.8, 4) is 0 Å². The van der Waals surface area contributed by atoms with Crippen LogP contribution in [0, 0.1) is 5.92 Å². The van der Waals surface area contributed by atoms with Gasteiger partial charge in [-0.15, -0.1) is 0 Å². The number of hydrogen-bond donors (Lipinski definition) is 0. The van der Waals surface area contributed by atoms with E-state index in [0.29, 0.717) is 17.7 Å². The van der Waals surface area contributed by atoms with E-state index >= 15 is 0 Å². The van der Waals surface area contributed by atoms with Crippen molar-refractivity contribution >= 4 is 6.29 Å². The van der Waals surface area contributed by atoms with E-state index in [0.717, 1.165) is 12.7 Å². The molecule has 14 heavy (non-hydrogen) atoms. The van der Waals surface area contributed by atoms with Gasteiger partial charge in [0.15, 0.2) is 6.29 Å². The summed E-state index contributed by atoms with van der Waals surface area (Å²) in [6.07, 6.45) is 6.47. The number of carbonyl (C=O) groups is 1. The van der Waals surface area contributed by atoms with E-state index in [9.17, 15) is 4.79 Å². The van der Waals surface area contributed by atoms with Crippen LogP contribution in [-0.4, -0.2) is 15.8 Å². The first-order valence-corrected chi connectivity index (χ1v) is 5.16. The molecule has 0 aliphatic heterocycles. The molecule has 0 N–H and O–H groups in total. The molecule has 0 aliphatic carbocycles. The Morgan fingerprint density at radius 1 is 1.57 bits per heavy atom. The standard InChI is InChI=1S/C11H18N2O/c1-4-9(2)5-10(3)13-8-12-6-11(13)7-14/h6-10H,4-5H2,1-3H3. The van der Waals surface area contributed by atoms with Gasteiger partial charge in [-0.3, -0.25) is 4.79 Å². The summed E-state index contributed by atoms with van der Waals surface area (Å²) >= 11 is 0. The fourth-order valence-electron chi connectivity index (χ4n) is 1.64. The zero-order valence-electron chi connectivity index (χ0n) is 9.10. The van der Waals surface area contributed by atoms with Crippen LogP contribution in [0.15, 0.2) is 12.5 Å². The molecule has 1 aromatic heterocycles. The molecule has 0 aromatic carbocycles. The monoisotopic (exact) mass is 194 g/mol. The van der Waals surface area contributed by atoms with Gasteiger partial charge in [0.1, 0.15) is 5.69 Å². The lowest BCUT2D eigenvalue weighted by molar-refractivity contribution is 0.111. The largest absolute Gasteiger partial charge is 0.326 e. The molecule has 2 atom stereocenters. The van der Waals surface area contributed by atoms with Crippen LogP contribution in [0.25, 0.3) is 0 Å². The van der Waals surface area contributed by atoms with Gasteiger partial charge >= 0.3 is 0 Å². The van der Waals surface area contributed by atoms with Crippen LogP contribution in [0.5, 0.6) is 0 Å². The minimum absolute atomic E-state index is 0.354. The van der Waals surface area contributed by atoms with Crippen molar-refractivity contribution in [1.29, 1.82) is 0 Å². The summed E-state index contributed by atoms with van der Waals surface area (Å²) in [5, 5.41) is 0. The molecular weight excluding hydrogens is 176 g/mol. The Bertz CT molecular complexity index is 293. The molecule has 0 amide bonds. The third-order valence-corrected chi connectivity index (χ3v) is 2.73. The van der Waals surface area contributed by atoms with Crippen molar-refractivity contribution in [3.63, 3.8) is 0 Å². The molecule has 78 valence electrons. The second-order valence-electron chi connectivity index (χ2n) is 3.94. The van der Waals surface area contributed by atoms with Gasteiger partial charge in [-0.2, -0.15) is 0 Å². The summed E-state index contributed by atoms with van der Waals surface area (Å²) in [5.74, 6) is 0.687. The van der Waals surface area contributed by atoms with Gasteiger partial charge in [-0.25, -0.2) is 4.98 Å². The fourth-order valence-corrected chi connectivity index (χ4v) is 1.64. The Morgan fingerprint density at radius 3 is 2.86 bits per heavy atom. The number of rotatable bonds is 5. The van der Waals surface area contributed by atoms with Crippen LogP contribution in [0.2, 0.25) is 0 Å². The lowest BCUT2D eigenvalue weighted by Crippen LogP contribution is -2.10. The highest BCUT2D eigenvalue weighted by Gasteiger charge is 2.11. The van der Waals surface area contributed by atoms with Crippen LogP contribution in [0.4, 0.5) is 0 Å². The number of aromatic nitrogens is 2. The molecule has 0 spiro atoms. The first-order valence-electron chi connectivity index (χ1n) is 5.16. The minimum Gasteiger partial charge on any atom is -0.326 e.